The number of cyclic esters (lactones) is 1. The molecule has 170 valence electrons. The lowest BCUT2D eigenvalue weighted by molar-refractivity contribution is -0.143. The van der Waals surface area contributed by atoms with Crippen molar-refractivity contribution in [3.8, 4) is 5.82 Å². The van der Waals surface area contributed by atoms with E-state index >= 15 is 0 Å². The van der Waals surface area contributed by atoms with Crippen molar-refractivity contribution in [2.24, 2.45) is 5.41 Å². The predicted octanol–water partition coefficient (Wildman–Crippen LogP) is 0.695. The highest BCUT2D eigenvalue weighted by molar-refractivity contribution is 5.89. The minimum Gasteiger partial charge on any atom is -0.456 e. The van der Waals surface area contributed by atoms with Crippen molar-refractivity contribution in [1.82, 2.24) is 40.0 Å². The van der Waals surface area contributed by atoms with Gasteiger partial charge in [0, 0.05) is 26.1 Å². The van der Waals surface area contributed by atoms with Crippen LogP contribution >= 0.6 is 0 Å². The van der Waals surface area contributed by atoms with Crippen molar-refractivity contribution < 1.29 is 14.3 Å². The smallest absolute Gasteiger partial charge is 0.333 e. The number of carbonyl (C=O) groups is 2. The van der Waals surface area contributed by atoms with Crippen LogP contribution in [0.3, 0.4) is 0 Å². The lowest BCUT2D eigenvalue weighted by Gasteiger charge is -2.42. The van der Waals surface area contributed by atoms with Gasteiger partial charge in [-0.15, -0.1) is 5.10 Å². The zero-order chi connectivity index (χ0) is 22.7. The Balaban J connectivity index is 1.33. The molecule has 2 aromatic heterocycles. The van der Waals surface area contributed by atoms with Gasteiger partial charge < -0.3 is 14.5 Å². The first-order chi connectivity index (χ1) is 15.4. The fraction of sp³-hybridized carbons (Fsp3) is 0.571. The van der Waals surface area contributed by atoms with Crippen LogP contribution < -0.4 is 0 Å². The van der Waals surface area contributed by atoms with E-state index in [-0.39, 0.29) is 18.5 Å². The van der Waals surface area contributed by atoms with Crippen molar-refractivity contribution in [3.63, 3.8) is 0 Å². The molecule has 32 heavy (non-hydrogen) atoms. The summed E-state index contributed by atoms with van der Waals surface area (Å²) in [4.78, 5) is 37.7. The number of ether oxygens (including phenoxy) is 1. The molecule has 4 heterocycles. The summed E-state index contributed by atoms with van der Waals surface area (Å²) in [5.41, 5.74) is 2.04. The Morgan fingerprint density at radius 1 is 1.31 bits per heavy atom. The molecule has 2 aromatic rings. The molecule has 11 heteroatoms. The lowest BCUT2D eigenvalue weighted by Crippen LogP contribution is -2.49. The molecule has 2 aliphatic heterocycles. The molecular formula is C21H28N8O3. The van der Waals surface area contributed by atoms with Crippen molar-refractivity contribution >= 4 is 11.9 Å². The van der Waals surface area contributed by atoms with Crippen LogP contribution in [0.2, 0.25) is 0 Å². The number of likely N-dealkylation sites (N-methyl/N-ethyl adjacent to an activating group) is 1. The third kappa shape index (κ3) is 4.38. The van der Waals surface area contributed by atoms with E-state index in [0.29, 0.717) is 11.5 Å². The van der Waals surface area contributed by atoms with Crippen LogP contribution in [0.1, 0.15) is 37.6 Å². The van der Waals surface area contributed by atoms with Crippen LogP contribution in [0.15, 0.2) is 24.3 Å². The number of piperidine rings is 1. The molecular weight excluding hydrogens is 412 g/mol. The SMILES string of the molecule is CCC1(C(=O)N(C)C2=CC(=O)OC2)CCN(CCc2ncc(-n3cnnn3)nc2C)CC1. The summed E-state index contributed by atoms with van der Waals surface area (Å²) < 4.78 is 6.45. The monoisotopic (exact) mass is 440 g/mol. The van der Waals surface area contributed by atoms with Crippen LogP contribution in [0, 0.1) is 12.3 Å². The Hall–Kier alpha value is -3.21. The van der Waals surface area contributed by atoms with Gasteiger partial charge in [-0.25, -0.2) is 9.78 Å². The highest BCUT2D eigenvalue weighted by Crippen LogP contribution is 2.37. The molecule has 1 fully saturated rings. The van der Waals surface area contributed by atoms with E-state index in [1.165, 1.54) is 17.1 Å². The fourth-order valence-corrected chi connectivity index (χ4v) is 4.35. The molecule has 0 unspecified atom stereocenters. The van der Waals surface area contributed by atoms with Crippen molar-refractivity contribution in [1.29, 1.82) is 0 Å². The van der Waals surface area contributed by atoms with E-state index in [2.05, 4.69) is 37.3 Å². The Morgan fingerprint density at radius 3 is 2.69 bits per heavy atom. The Bertz CT molecular complexity index is 1010. The number of nitrogens with zero attached hydrogens (tertiary/aromatic N) is 8. The van der Waals surface area contributed by atoms with Crippen molar-refractivity contribution in [3.05, 3.63) is 35.7 Å². The summed E-state index contributed by atoms with van der Waals surface area (Å²) in [7, 11) is 1.74. The maximum atomic E-state index is 13.3. The number of hydrogen-bond acceptors (Lipinski definition) is 9. The van der Waals surface area contributed by atoms with Crippen LogP contribution in [0.4, 0.5) is 0 Å². The molecule has 0 radical (unpaired) electrons. The Morgan fingerprint density at radius 2 is 2.09 bits per heavy atom. The number of likely N-dealkylation sites (tertiary alicyclic amines) is 1. The lowest BCUT2D eigenvalue weighted by atomic mass is 9.74. The number of esters is 1. The number of amides is 1. The molecule has 0 aliphatic carbocycles. The highest BCUT2D eigenvalue weighted by Gasteiger charge is 2.42. The van der Waals surface area contributed by atoms with Gasteiger partial charge in [0.1, 0.15) is 12.9 Å². The van der Waals surface area contributed by atoms with Gasteiger partial charge >= 0.3 is 5.97 Å². The topological polar surface area (TPSA) is 119 Å². The Labute approximate surface area is 186 Å². The maximum Gasteiger partial charge on any atom is 0.333 e. The standard InChI is InChI=1S/C21H28N8O3/c1-4-21(20(31)27(3)16-11-19(30)32-13-16)6-9-28(10-7-21)8-5-17-15(2)24-18(12-22-17)29-14-23-25-26-29/h11-12,14H,4-10,13H2,1-3H3. The first-order valence-corrected chi connectivity index (χ1v) is 10.9. The van der Waals surface area contributed by atoms with E-state index in [9.17, 15) is 9.59 Å². The molecule has 2 aliphatic rings. The average Bonchev–Trinajstić information content (AvgIpc) is 3.50. The third-order valence-electron chi connectivity index (χ3n) is 6.61. The third-order valence-corrected chi connectivity index (χ3v) is 6.61. The molecule has 1 amide bonds. The first kappa shape index (κ1) is 22.0. The van der Waals surface area contributed by atoms with E-state index in [0.717, 1.165) is 56.7 Å². The van der Waals surface area contributed by atoms with Gasteiger partial charge in [-0.1, -0.05) is 6.92 Å². The number of aromatic nitrogens is 6. The summed E-state index contributed by atoms with van der Waals surface area (Å²) in [6, 6.07) is 0. The average molecular weight is 441 g/mol. The molecule has 0 N–H and O–H groups in total. The summed E-state index contributed by atoms with van der Waals surface area (Å²) in [5, 5.41) is 11.1. The van der Waals surface area contributed by atoms with E-state index in [4.69, 9.17) is 4.74 Å². The zero-order valence-corrected chi connectivity index (χ0v) is 18.7. The zero-order valence-electron chi connectivity index (χ0n) is 18.7. The fourth-order valence-electron chi connectivity index (χ4n) is 4.35. The van der Waals surface area contributed by atoms with E-state index in [1.54, 1.807) is 18.1 Å². The second-order valence-corrected chi connectivity index (χ2v) is 8.35. The molecule has 0 spiro atoms. The largest absolute Gasteiger partial charge is 0.456 e. The number of rotatable bonds is 7. The van der Waals surface area contributed by atoms with Crippen LogP contribution in [-0.4, -0.2) is 85.1 Å². The summed E-state index contributed by atoms with van der Waals surface area (Å²) in [6.45, 7) is 6.72. The molecule has 0 atom stereocenters. The van der Waals surface area contributed by atoms with Crippen molar-refractivity contribution in [2.45, 2.75) is 39.5 Å². The number of carbonyl (C=O) groups excluding carboxylic acids is 2. The summed E-state index contributed by atoms with van der Waals surface area (Å²) >= 11 is 0. The highest BCUT2D eigenvalue weighted by atomic mass is 16.5. The van der Waals surface area contributed by atoms with E-state index < -0.39 is 5.41 Å². The molecule has 1 saturated heterocycles. The molecule has 0 saturated carbocycles. The van der Waals surface area contributed by atoms with E-state index in [1.807, 2.05) is 6.92 Å². The van der Waals surface area contributed by atoms with Gasteiger partial charge in [0.05, 0.1) is 28.7 Å². The minimum absolute atomic E-state index is 0.0732. The second kappa shape index (κ2) is 9.11. The molecule has 0 bridgehead atoms. The first-order valence-electron chi connectivity index (χ1n) is 10.9. The second-order valence-electron chi connectivity index (χ2n) is 8.35. The van der Waals surface area contributed by atoms with Gasteiger partial charge in [-0.2, -0.15) is 4.68 Å². The van der Waals surface area contributed by atoms with Crippen LogP contribution in [0.5, 0.6) is 0 Å². The van der Waals surface area contributed by atoms with Gasteiger partial charge in [0.15, 0.2) is 5.82 Å². The minimum atomic E-state index is -0.402. The van der Waals surface area contributed by atoms with Gasteiger partial charge in [-0.05, 0) is 49.7 Å². The number of tetrazole rings is 1. The van der Waals surface area contributed by atoms with Crippen molar-refractivity contribution in [2.75, 3.05) is 33.3 Å². The quantitative estimate of drug-likeness (QED) is 0.573. The number of aryl methyl sites for hydroxylation is 1. The van der Waals surface area contributed by atoms with Gasteiger partial charge in [0.2, 0.25) is 5.91 Å². The number of hydrogen-bond donors (Lipinski definition) is 0. The molecule has 0 aromatic carbocycles. The van der Waals surface area contributed by atoms with Crippen LogP contribution in [0.25, 0.3) is 5.82 Å². The molecule has 4 rings (SSSR count). The maximum absolute atomic E-state index is 13.3. The predicted molar refractivity (Wildman–Crippen MR) is 113 cm³/mol. The van der Waals surface area contributed by atoms with Crippen LogP contribution in [-0.2, 0) is 20.7 Å². The normalized spacial score (nSPS) is 18.3. The Kier molecular flexibility index (Phi) is 6.26. The van der Waals surface area contributed by atoms with Gasteiger partial charge in [0.25, 0.3) is 0 Å². The summed E-state index contributed by atoms with van der Waals surface area (Å²) in [6.07, 6.45) is 7.71. The summed E-state index contributed by atoms with van der Waals surface area (Å²) in [5.74, 6) is 0.280. The van der Waals surface area contributed by atoms with Gasteiger partial charge in [-0.3, -0.25) is 9.78 Å². The molecule has 11 nitrogen and oxygen atoms in total.